The SMILES string of the molecule is CCCCOc1cccc(C(=O)Oc2ccc(Br)cc2C=O)c1. The first-order valence-corrected chi connectivity index (χ1v) is 8.13. The second kappa shape index (κ2) is 8.48. The maximum Gasteiger partial charge on any atom is 0.343 e. The maximum atomic E-state index is 12.2. The lowest BCUT2D eigenvalue weighted by Gasteiger charge is -2.09. The van der Waals surface area contributed by atoms with Crippen LogP contribution >= 0.6 is 15.9 Å². The number of rotatable bonds is 7. The first kappa shape index (κ1) is 17.2. The molecular formula is C18H17BrO4. The summed E-state index contributed by atoms with van der Waals surface area (Å²) in [4.78, 5) is 23.3. The molecule has 0 unspecified atom stereocenters. The van der Waals surface area contributed by atoms with Gasteiger partial charge in [-0.25, -0.2) is 4.79 Å². The third kappa shape index (κ3) is 4.93. The van der Waals surface area contributed by atoms with E-state index in [0.29, 0.717) is 29.8 Å². The average molecular weight is 377 g/mol. The van der Waals surface area contributed by atoms with Gasteiger partial charge >= 0.3 is 5.97 Å². The van der Waals surface area contributed by atoms with Crippen molar-refractivity contribution in [1.29, 1.82) is 0 Å². The molecule has 0 spiro atoms. The summed E-state index contributed by atoms with van der Waals surface area (Å²) in [5.74, 6) is 0.321. The number of ether oxygens (including phenoxy) is 2. The zero-order valence-corrected chi connectivity index (χ0v) is 14.3. The fraction of sp³-hybridized carbons (Fsp3) is 0.222. The zero-order valence-electron chi connectivity index (χ0n) is 12.8. The summed E-state index contributed by atoms with van der Waals surface area (Å²) >= 11 is 3.27. The second-order valence-electron chi connectivity index (χ2n) is 4.92. The molecule has 2 rings (SSSR count). The van der Waals surface area contributed by atoms with Crippen LogP contribution in [0.25, 0.3) is 0 Å². The number of hydrogen-bond acceptors (Lipinski definition) is 4. The molecule has 0 radical (unpaired) electrons. The molecule has 23 heavy (non-hydrogen) atoms. The van der Waals surface area contributed by atoms with Gasteiger partial charge in [-0.1, -0.05) is 35.3 Å². The molecule has 0 aliphatic heterocycles. The first-order chi connectivity index (χ1) is 11.1. The Morgan fingerprint density at radius 2 is 2.04 bits per heavy atom. The third-order valence-electron chi connectivity index (χ3n) is 3.14. The smallest absolute Gasteiger partial charge is 0.343 e. The maximum absolute atomic E-state index is 12.2. The number of carbonyl (C=O) groups excluding carboxylic acids is 2. The number of hydrogen-bond donors (Lipinski definition) is 0. The van der Waals surface area contributed by atoms with Crippen molar-refractivity contribution in [3.05, 3.63) is 58.1 Å². The van der Waals surface area contributed by atoms with Crippen molar-refractivity contribution in [1.82, 2.24) is 0 Å². The summed E-state index contributed by atoms with van der Waals surface area (Å²) in [6.45, 7) is 2.69. The standard InChI is InChI=1S/C18H17BrO4/c1-2-3-9-22-16-6-4-5-13(11-16)18(21)23-17-8-7-15(19)10-14(17)12-20/h4-8,10-12H,2-3,9H2,1H3. The van der Waals surface area contributed by atoms with Crippen LogP contribution in [0.2, 0.25) is 0 Å². The largest absolute Gasteiger partial charge is 0.494 e. The lowest BCUT2D eigenvalue weighted by molar-refractivity contribution is 0.0733. The molecule has 120 valence electrons. The first-order valence-electron chi connectivity index (χ1n) is 7.34. The minimum absolute atomic E-state index is 0.227. The van der Waals surface area contributed by atoms with E-state index in [-0.39, 0.29) is 5.75 Å². The summed E-state index contributed by atoms with van der Waals surface area (Å²) in [6, 6.07) is 11.7. The van der Waals surface area contributed by atoms with Gasteiger partial charge in [0, 0.05) is 4.47 Å². The van der Waals surface area contributed by atoms with E-state index in [4.69, 9.17) is 9.47 Å². The van der Waals surface area contributed by atoms with Gasteiger partial charge in [-0.3, -0.25) is 4.79 Å². The summed E-state index contributed by atoms with van der Waals surface area (Å²) in [7, 11) is 0. The molecule has 0 fully saturated rings. The number of benzene rings is 2. The summed E-state index contributed by atoms with van der Waals surface area (Å²) < 4.78 is 11.6. The van der Waals surface area contributed by atoms with E-state index in [0.717, 1.165) is 17.3 Å². The molecule has 0 saturated carbocycles. The molecule has 4 nitrogen and oxygen atoms in total. The molecule has 0 atom stereocenters. The van der Waals surface area contributed by atoms with Gasteiger partial charge in [0.15, 0.2) is 6.29 Å². The highest BCUT2D eigenvalue weighted by Gasteiger charge is 2.12. The highest BCUT2D eigenvalue weighted by Crippen LogP contribution is 2.23. The molecule has 0 bridgehead atoms. The number of esters is 1. The Morgan fingerprint density at radius 1 is 1.22 bits per heavy atom. The summed E-state index contributed by atoms with van der Waals surface area (Å²) in [5, 5.41) is 0. The van der Waals surface area contributed by atoms with Gasteiger partial charge in [0.05, 0.1) is 17.7 Å². The molecule has 2 aromatic rings. The van der Waals surface area contributed by atoms with E-state index in [1.807, 2.05) is 0 Å². The molecule has 0 saturated heterocycles. The van der Waals surface area contributed by atoms with Gasteiger partial charge in [-0.05, 0) is 42.8 Å². The Bertz CT molecular complexity index is 697. The molecule has 0 aromatic heterocycles. The predicted molar refractivity (Wildman–Crippen MR) is 91.3 cm³/mol. The Balaban J connectivity index is 2.11. The van der Waals surface area contributed by atoms with Crippen molar-refractivity contribution in [2.45, 2.75) is 19.8 Å². The number of unbranched alkanes of at least 4 members (excludes halogenated alkanes) is 1. The quantitative estimate of drug-likeness (QED) is 0.305. The lowest BCUT2D eigenvalue weighted by atomic mass is 10.2. The van der Waals surface area contributed by atoms with Crippen LogP contribution in [0.1, 0.15) is 40.5 Å². The van der Waals surface area contributed by atoms with Crippen LogP contribution in [0.3, 0.4) is 0 Å². The minimum atomic E-state index is -0.531. The topological polar surface area (TPSA) is 52.6 Å². The predicted octanol–water partition coefficient (Wildman–Crippen LogP) is 4.66. The van der Waals surface area contributed by atoms with Gasteiger partial charge in [0.25, 0.3) is 0 Å². The highest BCUT2D eigenvalue weighted by atomic mass is 79.9. The van der Waals surface area contributed by atoms with Crippen LogP contribution in [0.4, 0.5) is 0 Å². The molecule has 0 aliphatic rings. The van der Waals surface area contributed by atoms with Crippen LogP contribution < -0.4 is 9.47 Å². The molecule has 0 N–H and O–H groups in total. The number of carbonyl (C=O) groups is 2. The van der Waals surface area contributed by atoms with Gasteiger partial charge in [-0.2, -0.15) is 0 Å². The van der Waals surface area contributed by atoms with Crippen molar-refractivity contribution in [2.24, 2.45) is 0 Å². The number of halogens is 1. The highest BCUT2D eigenvalue weighted by molar-refractivity contribution is 9.10. The van der Waals surface area contributed by atoms with Crippen molar-refractivity contribution in [2.75, 3.05) is 6.61 Å². The van der Waals surface area contributed by atoms with Crippen molar-refractivity contribution < 1.29 is 19.1 Å². The van der Waals surface area contributed by atoms with Crippen LogP contribution in [-0.4, -0.2) is 18.9 Å². The van der Waals surface area contributed by atoms with Crippen LogP contribution in [0, 0.1) is 0 Å². The van der Waals surface area contributed by atoms with Crippen molar-refractivity contribution in [3.63, 3.8) is 0 Å². The van der Waals surface area contributed by atoms with Crippen molar-refractivity contribution >= 4 is 28.2 Å². The van der Waals surface area contributed by atoms with Crippen LogP contribution in [0.15, 0.2) is 46.9 Å². The molecule has 0 amide bonds. The van der Waals surface area contributed by atoms with Gasteiger partial charge < -0.3 is 9.47 Å². The van der Waals surface area contributed by atoms with Crippen LogP contribution in [0.5, 0.6) is 11.5 Å². The Labute approximate surface area is 143 Å². The van der Waals surface area contributed by atoms with E-state index < -0.39 is 5.97 Å². The van der Waals surface area contributed by atoms with E-state index in [1.54, 1.807) is 42.5 Å². The Kier molecular flexibility index (Phi) is 6.35. The number of aldehydes is 1. The molecular weight excluding hydrogens is 360 g/mol. The minimum Gasteiger partial charge on any atom is -0.494 e. The molecule has 0 heterocycles. The van der Waals surface area contributed by atoms with E-state index in [1.165, 1.54) is 0 Å². The molecule has 0 aliphatic carbocycles. The Hall–Kier alpha value is -2.14. The summed E-state index contributed by atoms with van der Waals surface area (Å²) in [6.07, 6.45) is 2.65. The fourth-order valence-electron chi connectivity index (χ4n) is 1.91. The monoisotopic (exact) mass is 376 g/mol. The van der Waals surface area contributed by atoms with Gasteiger partial charge in [0.1, 0.15) is 11.5 Å². The lowest BCUT2D eigenvalue weighted by Crippen LogP contribution is -2.10. The Morgan fingerprint density at radius 3 is 2.78 bits per heavy atom. The second-order valence-corrected chi connectivity index (χ2v) is 5.84. The van der Waals surface area contributed by atoms with Gasteiger partial charge in [-0.15, -0.1) is 0 Å². The normalized spacial score (nSPS) is 10.2. The van der Waals surface area contributed by atoms with E-state index in [2.05, 4.69) is 22.9 Å². The van der Waals surface area contributed by atoms with Crippen molar-refractivity contribution in [3.8, 4) is 11.5 Å². The van der Waals surface area contributed by atoms with Crippen LogP contribution in [-0.2, 0) is 0 Å². The zero-order chi connectivity index (χ0) is 16.7. The molecule has 5 heteroatoms. The third-order valence-corrected chi connectivity index (χ3v) is 3.63. The average Bonchev–Trinajstić information content (AvgIpc) is 2.57. The van der Waals surface area contributed by atoms with E-state index >= 15 is 0 Å². The van der Waals surface area contributed by atoms with Gasteiger partial charge in [0.2, 0.25) is 0 Å². The fourth-order valence-corrected chi connectivity index (χ4v) is 2.29. The molecule has 2 aromatic carbocycles. The van der Waals surface area contributed by atoms with E-state index in [9.17, 15) is 9.59 Å². The summed E-state index contributed by atoms with van der Waals surface area (Å²) in [5.41, 5.74) is 0.682.